The Morgan fingerprint density at radius 1 is 1.48 bits per heavy atom. The Bertz CT molecular complexity index is 802. The molecule has 27 heavy (non-hydrogen) atoms. The minimum atomic E-state index is -0.659. The third kappa shape index (κ3) is 2.63. The smallest absolute Gasteiger partial charge is 0.166 e. The van der Waals surface area contributed by atoms with Crippen LogP contribution in [0.15, 0.2) is 23.8 Å². The molecule has 1 aromatic rings. The maximum atomic E-state index is 13.4. The first kappa shape index (κ1) is 18.5. The fourth-order valence-corrected chi connectivity index (χ4v) is 5.00. The average Bonchev–Trinajstić information content (AvgIpc) is 2.91. The van der Waals surface area contributed by atoms with Crippen LogP contribution in [0, 0.1) is 5.92 Å². The molecule has 0 amide bonds. The van der Waals surface area contributed by atoms with E-state index in [0.29, 0.717) is 12.2 Å². The Kier molecular flexibility index (Phi) is 4.55. The minimum Gasteiger partial charge on any atom is -0.493 e. The van der Waals surface area contributed by atoms with Gasteiger partial charge in [0, 0.05) is 30.0 Å². The van der Waals surface area contributed by atoms with Gasteiger partial charge in [0.15, 0.2) is 17.3 Å². The number of rotatable bonds is 4. The number of benzene rings is 1. The fraction of sp³-hybridized carbons (Fsp3) is 0.591. The molecule has 1 unspecified atom stereocenters. The predicted molar refractivity (Wildman–Crippen MR) is 103 cm³/mol. The molecule has 0 saturated heterocycles. The molecule has 1 aliphatic carbocycles. The summed E-state index contributed by atoms with van der Waals surface area (Å²) in [6.45, 7) is 5.70. The van der Waals surface area contributed by atoms with Crippen LogP contribution in [0.1, 0.15) is 44.2 Å². The van der Waals surface area contributed by atoms with Crippen LogP contribution in [0.2, 0.25) is 0 Å². The van der Waals surface area contributed by atoms with E-state index in [1.165, 1.54) is 5.56 Å². The van der Waals surface area contributed by atoms with E-state index in [2.05, 4.69) is 18.0 Å². The monoisotopic (exact) mass is 371 g/mol. The molecule has 0 aromatic heterocycles. The number of carbonyl (C=O) groups excluding carboxylic acids is 1. The summed E-state index contributed by atoms with van der Waals surface area (Å²) < 4.78 is 12.0. The first-order valence-corrected chi connectivity index (χ1v) is 9.92. The molecule has 0 radical (unpaired) electrons. The fourth-order valence-electron chi connectivity index (χ4n) is 5.00. The van der Waals surface area contributed by atoms with Gasteiger partial charge in [0.2, 0.25) is 0 Å². The van der Waals surface area contributed by atoms with Crippen molar-refractivity contribution in [3.05, 3.63) is 34.9 Å². The number of Topliss-reactive ketones (excluding diaryl/α,β-unsaturated/α-hetero) is 1. The van der Waals surface area contributed by atoms with Gasteiger partial charge in [-0.2, -0.15) is 0 Å². The van der Waals surface area contributed by atoms with Gasteiger partial charge in [-0.25, -0.2) is 0 Å². The van der Waals surface area contributed by atoms with Gasteiger partial charge in [-0.15, -0.1) is 0 Å². The summed E-state index contributed by atoms with van der Waals surface area (Å²) >= 11 is 0. The van der Waals surface area contributed by atoms with Crippen molar-refractivity contribution in [3.63, 3.8) is 0 Å². The van der Waals surface area contributed by atoms with Gasteiger partial charge in [0.25, 0.3) is 0 Å². The maximum Gasteiger partial charge on any atom is 0.166 e. The van der Waals surface area contributed by atoms with Gasteiger partial charge in [-0.1, -0.05) is 19.9 Å². The maximum absolute atomic E-state index is 13.4. The highest BCUT2D eigenvalue weighted by atomic mass is 16.5. The third-order valence-electron chi connectivity index (χ3n) is 6.63. The number of ketones is 1. The zero-order chi connectivity index (χ0) is 19.3. The van der Waals surface area contributed by atoms with Crippen LogP contribution < -0.4 is 9.47 Å². The third-order valence-corrected chi connectivity index (χ3v) is 6.63. The van der Waals surface area contributed by atoms with Crippen molar-refractivity contribution >= 4 is 5.78 Å². The van der Waals surface area contributed by atoms with Gasteiger partial charge in [-0.3, -0.25) is 4.79 Å². The van der Waals surface area contributed by atoms with Gasteiger partial charge >= 0.3 is 0 Å². The van der Waals surface area contributed by atoms with Crippen molar-refractivity contribution < 1.29 is 19.4 Å². The SMILES string of the molecule is CCC(C)C(=O)C1=C[C@H](O)C[C@@H]2Oc3c(OC)ccc4c3[C@]12CCN(C)C4. The van der Waals surface area contributed by atoms with Crippen LogP contribution in [0.5, 0.6) is 11.5 Å². The van der Waals surface area contributed by atoms with E-state index in [4.69, 9.17) is 9.47 Å². The van der Waals surface area contributed by atoms with Crippen molar-refractivity contribution in [1.29, 1.82) is 0 Å². The molecule has 0 fully saturated rings. The molecule has 1 spiro atoms. The Morgan fingerprint density at radius 3 is 2.96 bits per heavy atom. The molecule has 4 rings (SSSR count). The van der Waals surface area contributed by atoms with Crippen molar-refractivity contribution in [2.45, 2.75) is 57.3 Å². The quantitative estimate of drug-likeness (QED) is 0.882. The zero-order valence-corrected chi connectivity index (χ0v) is 16.6. The lowest BCUT2D eigenvalue weighted by atomic mass is 9.62. The average molecular weight is 371 g/mol. The van der Waals surface area contributed by atoms with E-state index < -0.39 is 11.5 Å². The van der Waals surface area contributed by atoms with Crippen LogP contribution in [0.4, 0.5) is 0 Å². The summed E-state index contributed by atoms with van der Waals surface area (Å²) in [6, 6.07) is 4.05. The number of ether oxygens (including phenoxy) is 2. The Balaban J connectivity index is 1.97. The number of methoxy groups -OCH3 is 1. The summed E-state index contributed by atoms with van der Waals surface area (Å²) in [5, 5.41) is 10.5. The first-order chi connectivity index (χ1) is 12.9. The zero-order valence-electron chi connectivity index (χ0n) is 16.6. The van der Waals surface area contributed by atoms with Crippen LogP contribution in [-0.4, -0.2) is 48.7 Å². The van der Waals surface area contributed by atoms with Crippen LogP contribution in [-0.2, 0) is 16.8 Å². The Morgan fingerprint density at radius 2 is 2.26 bits per heavy atom. The summed E-state index contributed by atoms with van der Waals surface area (Å²) in [5.74, 6) is 1.52. The molecule has 1 aromatic carbocycles. The molecule has 1 N–H and O–H groups in total. The molecule has 5 heteroatoms. The second-order valence-electron chi connectivity index (χ2n) is 8.25. The van der Waals surface area contributed by atoms with Crippen molar-refractivity contribution in [3.8, 4) is 11.5 Å². The number of hydrogen-bond donors (Lipinski definition) is 1. The summed E-state index contributed by atoms with van der Waals surface area (Å²) in [4.78, 5) is 15.7. The van der Waals surface area contributed by atoms with Crippen molar-refractivity contribution in [2.24, 2.45) is 5.92 Å². The normalized spacial score (nSPS) is 30.5. The molecule has 2 heterocycles. The lowest BCUT2D eigenvalue weighted by Crippen LogP contribution is -2.49. The van der Waals surface area contributed by atoms with E-state index >= 15 is 0 Å². The number of carbonyl (C=O) groups is 1. The van der Waals surface area contributed by atoms with Gasteiger partial charge in [0.1, 0.15) is 6.10 Å². The van der Waals surface area contributed by atoms with Crippen LogP contribution in [0.3, 0.4) is 0 Å². The largest absolute Gasteiger partial charge is 0.493 e. The lowest BCUT2D eigenvalue weighted by molar-refractivity contribution is -0.120. The second-order valence-corrected chi connectivity index (χ2v) is 8.25. The highest BCUT2D eigenvalue weighted by molar-refractivity contribution is 6.00. The summed E-state index contributed by atoms with van der Waals surface area (Å²) in [6.07, 6.45) is 3.00. The molecule has 0 saturated carbocycles. The van der Waals surface area contributed by atoms with E-state index in [-0.39, 0.29) is 17.8 Å². The standard InChI is InChI=1S/C22H29NO4/c1-5-13(2)20(25)16-10-15(24)11-18-22(16)8-9-23(3)12-14-6-7-17(26-4)21(27-18)19(14)22/h6-7,10,13,15,18,24H,5,8-9,11-12H2,1-4H3/t13?,15-,18-,22+/m0/s1. The van der Waals surface area contributed by atoms with Gasteiger partial charge in [0.05, 0.1) is 18.6 Å². The van der Waals surface area contributed by atoms with E-state index in [1.807, 2.05) is 19.9 Å². The highest BCUT2D eigenvalue weighted by Crippen LogP contribution is 2.58. The first-order valence-electron chi connectivity index (χ1n) is 9.92. The van der Waals surface area contributed by atoms with E-state index in [1.54, 1.807) is 13.2 Å². The molecule has 146 valence electrons. The van der Waals surface area contributed by atoms with E-state index in [0.717, 1.165) is 42.8 Å². The van der Waals surface area contributed by atoms with E-state index in [9.17, 15) is 9.90 Å². The molecule has 0 bridgehead atoms. The number of aliphatic hydroxyl groups excluding tert-OH is 1. The molecular weight excluding hydrogens is 342 g/mol. The van der Waals surface area contributed by atoms with Crippen molar-refractivity contribution in [1.82, 2.24) is 4.90 Å². The minimum absolute atomic E-state index is 0.0735. The number of nitrogens with zero attached hydrogens (tertiary/aromatic N) is 1. The summed E-state index contributed by atoms with van der Waals surface area (Å²) in [5.41, 5.74) is 2.53. The molecule has 5 nitrogen and oxygen atoms in total. The van der Waals surface area contributed by atoms with Gasteiger partial charge < -0.3 is 19.5 Å². The Labute approximate surface area is 161 Å². The lowest BCUT2D eigenvalue weighted by Gasteiger charge is -2.41. The molecule has 4 atom stereocenters. The summed E-state index contributed by atoms with van der Waals surface area (Å²) in [7, 11) is 3.76. The second kappa shape index (κ2) is 6.64. The Hall–Kier alpha value is -1.85. The number of aliphatic hydroxyl groups is 1. The van der Waals surface area contributed by atoms with Crippen LogP contribution in [0.25, 0.3) is 0 Å². The van der Waals surface area contributed by atoms with Crippen molar-refractivity contribution in [2.75, 3.05) is 20.7 Å². The molecular formula is C22H29NO4. The topological polar surface area (TPSA) is 59.0 Å². The van der Waals surface area contributed by atoms with Crippen LogP contribution >= 0.6 is 0 Å². The highest BCUT2D eigenvalue weighted by Gasteiger charge is 2.58. The predicted octanol–water partition coefficient (Wildman–Crippen LogP) is 2.84. The number of hydrogen-bond acceptors (Lipinski definition) is 5. The van der Waals surface area contributed by atoms with Gasteiger partial charge in [-0.05, 0) is 44.1 Å². The molecule has 2 aliphatic heterocycles. The molecule has 3 aliphatic rings.